The van der Waals surface area contributed by atoms with Crippen LogP contribution in [-0.2, 0) is 4.79 Å². The van der Waals surface area contributed by atoms with Gasteiger partial charge in [-0.15, -0.1) is 0 Å². The highest BCUT2D eigenvalue weighted by atomic mass is 35.5. The number of benzene rings is 2. The zero-order valence-corrected chi connectivity index (χ0v) is 19.5. The van der Waals surface area contributed by atoms with Crippen LogP contribution in [0.3, 0.4) is 0 Å². The SMILES string of the molecule is COc1ccc(Cl)cc1NC(=O)CC1CSc2nc3c(cnn3-c3cccc(C)c3)c(=O)n21. The average Bonchev–Trinajstić information content (AvgIpc) is 3.39. The maximum absolute atomic E-state index is 13.3. The molecule has 33 heavy (non-hydrogen) atoms. The topological polar surface area (TPSA) is 91.0 Å². The van der Waals surface area contributed by atoms with Crippen LogP contribution in [-0.4, -0.2) is 38.1 Å². The summed E-state index contributed by atoms with van der Waals surface area (Å²) in [6.45, 7) is 2.00. The molecule has 1 amide bonds. The van der Waals surface area contributed by atoms with Crippen molar-refractivity contribution in [2.45, 2.75) is 24.5 Å². The van der Waals surface area contributed by atoms with Crippen molar-refractivity contribution in [1.29, 1.82) is 0 Å². The minimum absolute atomic E-state index is 0.120. The number of hydrogen-bond donors (Lipinski definition) is 1. The van der Waals surface area contributed by atoms with Crippen LogP contribution in [0.15, 0.2) is 58.6 Å². The Morgan fingerprint density at radius 3 is 2.94 bits per heavy atom. The number of aromatic nitrogens is 4. The van der Waals surface area contributed by atoms with E-state index in [0.717, 1.165) is 11.3 Å². The molecule has 8 nitrogen and oxygen atoms in total. The summed E-state index contributed by atoms with van der Waals surface area (Å²) in [4.78, 5) is 30.8. The van der Waals surface area contributed by atoms with Gasteiger partial charge in [-0.1, -0.05) is 35.5 Å². The number of amides is 1. The number of thioether (sulfide) groups is 1. The van der Waals surface area contributed by atoms with E-state index in [1.807, 2.05) is 31.2 Å². The Balaban J connectivity index is 1.44. The predicted octanol–water partition coefficient (Wildman–Crippen LogP) is 4.23. The predicted molar refractivity (Wildman–Crippen MR) is 129 cm³/mol. The lowest BCUT2D eigenvalue weighted by atomic mass is 10.2. The molecule has 0 bridgehead atoms. The van der Waals surface area contributed by atoms with Gasteiger partial charge in [-0.3, -0.25) is 14.2 Å². The first-order valence-corrected chi connectivity index (χ1v) is 11.6. The summed E-state index contributed by atoms with van der Waals surface area (Å²) in [6.07, 6.45) is 1.66. The monoisotopic (exact) mass is 481 g/mol. The van der Waals surface area contributed by atoms with E-state index in [9.17, 15) is 9.59 Å². The van der Waals surface area contributed by atoms with E-state index in [2.05, 4.69) is 10.4 Å². The van der Waals surface area contributed by atoms with Crippen LogP contribution in [0.5, 0.6) is 5.75 Å². The van der Waals surface area contributed by atoms with Gasteiger partial charge in [0.1, 0.15) is 11.1 Å². The second kappa shape index (κ2) is 8.57. The highest BCUT2D eigenvalue weighted by Crippen LogP contribution is 2.34. The highest BCUT2D eigenvalue weighted by Gasteiger charge is 2.30. The van der Waals surface area contributed by atoms with E-state index in [1.165, 1.54) is 25.1 Å². The van der Waals surface area contributed by atoms with Crippen LogP contribution in [0.4, 0.5) is 5.69 Å². The summed E-state index contributed by atoms with van der Waals surface area (Å²) >= 11 is 7.51. The molecule has 1 aliphatic heterocycles. The normalized spacial score (nSPS) is 14.9. The zero-order chi connectivity index (χ0) is 23.1. The standard InChI is InChI=1S/C23H20ClN5O3S/c1-13-4-3-5-15(8-13)29-21-17(11-25-29)22(31)28-16(12-33-23(28)27-21)10-20(30)26-18-9-14(24)6-7-19(18)32-2/h3-9,11,16H,10,12H2,1-2H3,(H,26,30). The van der Waals surface area contributed by atoms with Crippen LogP contribution in [0.2, 0.25) is 5.02 Å². The van der Waals surface area contributed by atoms with Crippen molar-refractivity contribution in [1.82, 2.24) is 19.3 Å². The minimum Gasteiger partial charge on any atom is -0.495 e. The van der Waals surface area contributed by atoms with Gasteiger partial charge in [0.25, 0.3) is 5.56 Å². The van der Waals surface area contributed by atoms with Crippen molar-refractivity contribution in [2.24, 2.45) is 0 Å². The maximum Gasteiger partial charge on any atom is 0.265 e. The Morgan fingerprint density at radius 1 is 1.30 bits per heavy atom. The quantitative estimate of drug-likeness (QED) is 0.429. The third kappa shape index (κ3) is 3.98. The van der Waals surface area contributed by atoms with Gasteiger partial charge in [0, 0.05) is 17.2 Å². The van der Waals surface area contributed by atoms with Crippen LogP contribution in [0.25, 0.3) is 16.7 Å². The van der Waals surface area contributed by atoms with Crippen LogP contribution in [0, 0.1) is 6.92 Å². The summed E-state index contributed by atoms with van der Waals surface area (Å²) in [6, 6.07) is 12.5. The Hall–Kier alpha value is -3.30. The molecule has 10 heteroatoms. The Labute approximate surface area is 198 Å². The molecule has 0 spiro atoms. The van der Waals surface area contributed by atoms with E-state index in [-0.39, 0.29) is 23.9 Å². The van der Waals surface area contributed by atoms with Gasteiger partial charge in [-0.05, 0) is 42.8 Å². The molecule has 2 aromatic carbocycles. The van der Waals surface area contributed by atoms with Gasteiger partial charge in [-0.25, -0.2) is 9.67 Å². The summed E-state index contributed by atoms with van der Waals surface area (Å²) in [5, 5.41) is 8.73. The van der Waals surface area contributed by atoms with Crippen molar-refractivity contribution in [3.8, 4) is 11.4 Å². The van der Waals surface area contributed by atoms with E-state index in [0.29, 0.717) is 38.4 Å². The van der Waals surface area contributed by atoms with E-state index in [4.69, 9.17) is 21.3 Å². The molecular formula is C23H20ClN5O3S. The molecule has 1 N–H and O–H groups in total. The number of nitrogens with zero attached hydrogens (tertiary/aromatic N) is 4. The first kappa shape index (κ1) is 21.5. The molecule has 0 radical (unpaired) electrons. The number of hydrogen-bond acceptors (Lipinski definition) is 6. The molecule has 0 fully saturated rings. The van der Waals surface area contributed by atoms with Crippen LogP contribution >= 0.6 is 23.4 Å². The number of anilines is 1. The Morgan fingerprint density at radius 2 is 2.15 bits per heavy atom. The van der Waals surface area contributed by atoms with Gasteiger partial charge in [0.05, 0.1) is 30.7 Å². The third-order valence-corrected chi connectivity index (χ3v) is 6.81. The fraction of sp³-hybridized carbons (Fsp3) is 0.217. The van der Waals surface area contributed by atoms with Crippen molar-refractivity contribution >= 4 is 46.0 Å². The van der Waals surface area contributed by atoms with Crippen LogP contribution < -0.4 is 15.6 Å². The lowest BCUT2D eigenvalue weighted by Gasteiger charge is -2.15. The number of nitrogens with one attached hydrogen (secondary N) is 1. The highest BCUT2D eigenvalue weighted by molar-refractivity contribution is 7.99. The molecule has 1 aliphatic rings. The second-order valence-corrected chi connectivity index (χ2v) is 9.19. The van der Waals surface area contributed by atoms with Crippen molar-refractivity contribution < 1.29 is 9.53 Å². The molecule has 3 heterocycles. The van der Waals surface area contributed by atoms with Crippen LogP contribution in [0.1, 0.15) is 18.0 Å². The fourth-order valence-corrected chi connectivity index (χ4v) is 5.23. The number of carbonyl (C=O) groups excluding carboxylic acids is 1. The molecular weight excluding hydrogens is 462 g/mol. The molecule has 1 atom stereocenters. The van der Waals surface area contributed by atoms with E-state index >= 15 is 0 Å². The lowest BCUT2D eigenvalue weighted by molar-refractivity contribution is -0.116. The van der Waals surface area contributed by atoms with Crippen molar-refractivity contribution in [3.63, 3.8) is 0 Å². The molecule has 2 aromatic heterocycles. The number of rotatable bonds is 5. The number of methoxy groups -OCH3 is 1. The molecule has 168 valence electrons. The molecule has 5 rings (SSSR count). The first-order chi connectivity index (χ1) is 15.9. The van der Waals surface area contributed by atoms with Gasteiger partial charge in [0.2, 0.25) is 5.91 Å². The Bertz CT molecular complexity index is 1450. The molecule has 1 unspecified atom stereocenters. The van der Waals surface area contributed by atoms with Gasteiger partial charge < -0.3 is 10.1 Å². The minimum atomic E-state index is -0.318. The smallest absolute Gasteiger partial charge is 0.265 e. The fourth-order valence-electron chi connectivity index (χ4n) is 3.92. The van der Waals surface area contributed by atoms with Gasteiger partial charge in [-0.2, -0.15) is 5.10 Å². The number of ether oxygens (including phenoxy) is 1. The number of carbonyl (C=O) groups is 1. The molecule has 4 aromatic rings. The lowest BCUT2D eigenvalue weighted by Crippen LogP contribution is -2.27. The van der Waals surface area contributed by atoms with Gasteiger partial charge in [0.15, 0.2) is 10.8 Å². The Kier molecular flexibility index (Phi) is 5.59. The third-order valence-electron chi connectivity index (χ3n) is 5.47. The second-order valence-electron chi connectivity index (χ2n) is 7.76. The first-order valence-electron chi connectivity index (χ1n) is 10.3. The van der Waals surface area contributed by atoms with E-state index in [1.54, 1.807) is 27.4 Å². The molecule has 0 saturated heterocycles. The molecule has 0 aliphatic carbocycles. The maximum atomic E-state index is 13.3. The van der Waals surface area contributed by atoms with Crippen molar-refractivity contribution in [2.75, 3.05) is 18.2 Å². The number of fused-ring (bicyclic) bond motifs is 2. The van der Waals surface area contributed by atoms with E-state index < -0.39 is 0 Å². The zero-order valence-electron chi connectivity index (χ0n) is 17.9. The summed E-state index contributed by atoms with van der Waals surface area (Å²) in [5.41, 5.74) is 2.73. The summed E-state index contributed by atoms with van der Waals surface area (Å²) in [7, 11) is 1.52. The van der Waals surface area contributed by atoms with Crippen molar-refractivity contribution in [3.05, 3.63) is 69.6 Å². The summed E-state index contributed by atoms with van der Waals surface area (Å²) < 4.78 is 8.57. The largest absolute Gasteiger partial charge is 0.495 e. The van der Waals surface area contributed by atoms with Gasteiger partial charge >= 0.3 is 0 Å². The number of halogens is 1. The molecule has 0 saturated carbocycles. The summed E-state index contributed by atoms with van der Waals surface area (Å²) in [5.74, 6) is 0.849. The number of aryl methyl sites for hydroxylation is 1. The average molecular weight is 482 g/mol.